The average molecular weight is 521 g/mol. The molecule has 0 aliphatic carbocycles. The third kappa shape index (κ3) is 6.10. The van der Waals surface area contributed by atoms with Gasteiger partial charge < -0.3 is 35.2 Å². The molecule has 2 heterocycles. The van der Waals surface area contributed by atoms with Gasteiger partial charge in [-0.05, 0) is 6.92 Å². The zero-order chi connectivity index (χ0) is 24.7. The zero-order valence-electron chi connectivity index (χ0n) is 15.9. The number of nitrogens with two attached hydrogens (primary N) is 1. The molecule has 0 aromatic carbocycles. The van der Waals surface area contributed by atoms with Crippen LogP contribution in [0.1, 0.15) is 11.9 Å². The normalized spacial score (nSPS) is 29.8. The first-order valence-electron chi connectivity index (χ1n) is 8.12. The van der Waals surface area contributed by atoms with E-state index in [0.29, 0.717) is 0 Å². The summed E-state index contributed by atoms with van der Waals surface area (Å²) in [7, 11) is -16.9. The lowest BCUT2D eigenvalue weighted by molar-refractivity contribution is -0.0475. The number of rotatable bonds is 8. The predicted molar refractivity (Wildman–Crippen MR) is 102 cm³/mol. The number of nitrogens with zero attached hydrogens (tertiary/aromatic N) is 1. The van der Waals surface area contributed by atoms with Crippen LogP contribution in [0.4, 0.5) is 0 Å². The smallest absolute Gasteiger partial charge is 0.387 e. The SMILES string of the molecule is C#C[C@@]1(N)C(O)C(COP(=O)(O)OP(=O)(O)OP(=O)(O)O)O[C@H]1n1c(C)cc(=O)[nH]c1=O. The largest absolute Gasteiger partial charge is 0.490 e. The minimum absolute atomic E-state index is 0.0366. The molecular formula is C12H18N3O14P3. The number of nitrogens with one attached hydrogen (secondary N) is 1. The van der Waals surface area contributed by atoms with E-state index in [0.717, 1.165) is 10.6 Å². The molecule has 0 saturated carbocycles. The van der Waals surface area contributed by atoms with Gasteiger partial charge in [-0.3, -0.25) is 18.9 Å². The Morgan fingerprint density at radius 3 is 2.34 bits per heavy atom. The molecule has 1 aromatic rings. The Balaban J connectivity index is 2.24. The van der Waals surface area contributed by atoms with Crippen molar-refractivity contribution in [3.05, 3.63) is 32.6 Å². The van der Waals surface area contributed by atoms with Gasteiger partial charge in [-0.1, -0.05) is 5.92 Å². The number of H-pyrrole nitrogens is 1. The molecule has 8 N–H and O–H groups in total. The number of phosphoric acid groups is 3. The van der Waals surface area contributed by atoms with Crippen LogP contribution in [0, 0.1) is 19.3 Å². The monoisotopic (exact) mass is 521 g/mol. The van der Waals surface area contributed by atoms with E-state index in [-0.39, 0.29) is 5.69 Å². The number of aromatic amines is 1. The van der Waals surface area contributed by atoms with Gasteiger partial charge in [0.1, 0.15) is 12.2 Å². The van der Waals surface area contributed by atoms with Crippen LogP contribution in [0.3, 0.4) is 0 Å². The van der Waals surface area contributed by atoms with Crippen LogP contribution in [0.25, 0.3) is 0 Å². The van der Waals surface area contributed by atoms with E-state index < -0.39 is 65.3 Å². The predicted octanol–water partition coefficient (Wildman–Crippen LogP) is -2.22. The number of aromatic nitrogens is 2. The topological polar surface area (TPSA) is 270 Å². The number of phosphoric ester groups is 1. The van der Waals surface area contributed by atoms with Crippen molar-refractivity contribution in [3.8, 4) is 12.3 Å². The van der Waals surface area contributed by atoms with Gasteiger partial charge in [-0.25, -0.2) is 18.5 Å². The molecule has 20 heteroatoms. The van der Waals surface area contributed by atoms with E-state index in [1.807, 2.05) is 10.9 Å². The van der Waals surface area contributed by atoms with E-state index in [1.54, 1.807) is 0 Å². The molecular weight excluding hydrogens is 503 g/mol. The van der Waals surface area contributed by atoms with Crippen molar-refractivity contribution >= 4 is 23.5 Å². The van der Waals surface area contributed by atoms with E-state index in [9.17, 15) is 33.3 Å². The van der Waals surface area contributed by atoms with Crippen molar-refractivity contribution in [2.75, 3.05) is 6.61 Å². The lowest BCUT2D eigenvalue weighted by Gasteiger charge is -2.28. The number of terminal acetylenes is 1. The highest BCUT2D eigenvalue weighted by molar-refractivity contribution is 7.66. The van der Waals surface area contributed by atoms with Gasteiger partial charge in [0.2, 0.25) is 0 Å². The number of aliphatic hydroxyl groups excluding tert-OH is 1. The van der Waals surface area contributed by atoms with E-state index in [1.165, 1.54) is 6.92 Å². The molecule has 0 spiro atoms. The summed E-state index contributed by atoms with van der Waals surface area (Å²) in [6, 6.07) is 1.01. The van der Waals surface area contributed by atoms with Crippen molar-refractivity contribution in [2.45, 2.75) is 30.9 Å². The van der Waals surface area contributed by atoms with Crippen LogP contribution < -0.4 is 17.0 Å². The fourth-order valence-corrected chi connectivity index (χ4v) is 5.78. The molecule has 1 aliphatic heterocycles. The molecule has 0 amide bonds. The summed E-state index contributed by atoms with van der Waals surface area (Å²) in [4.78, 5) is 61.2. The first kappa shape index (κ1) is 26.8. The molecule has 1 aliphatic rings. The molecule has 1 aromatic heterocycles. The number of hydrogen-bond acceptors (Lipinski definition) is 11. The highest BCUT2D eigenvalue weighted by atomic mass is 31.3. The lowest BCUT2D eigenvalue weighted by Crippen LogP contribution is -2.55. The molecule has 1 fully saturated rings. The fourth-order valence-electron chi connectivity index (χ4n) is 2.75. The highest BCUT2D eigenvalue weighted by Crippen LogP contribution is 2.66. The summed E-state index contributed by atoms with van der Waals surface area (Å²) < 4.78 is 51.6. The first-order chi connectivity index (χ1) is 14.4. The first-order valence-corrected chi connectivity index (χ1v) is 12.6. The van der Waals surface area contributed by atoms with Crippen molar-refractivity contribution in [1.29, 1.82) is 0 Å². The quantitative estimate of drug-likeness (QED) is 0.141. The molecule has 0 radical (unpaired) electrons. The highest BCUT2D eigenvalue weighted by Gasteiger charge is 2.55. The van der Waals surface area contributed by atoms with Gasteiger partial charge in [0, 0.05) is 11.8 Å². The molecule has 2 rings (SSSR count). The van der Waals surface area contributed by atoms with Crippen molar-refractivity contribution in [2.24, 2.45) is 5.73 Å². The third-order valence-electron chi connectivity index (χ3n) is 4.03. The number of aryl methyl sites for hydroxylation is 1. The second kappa shape index (κ2) is 9.05. The maximum atomic E-state index is 12.2. The van der Waals surface area contributed by atoms with Crippen LogP contribution in [-0.4, -0.2) is 58.6 Å². The second-order valence-electron chi connectivity index (χ2n) is 6.39. The Morgan fingerprint density at radius 1 is 1.25 bits per heavy atom. The lowest BCUT2D eigenvalue weighted by atomic mass is 9.92. The number of aliphatic hydroxyl groups is 1. The Hall–Kier alpha value is -1.47. The van der Waals surface area contributed by atoms with E-state index in [4.69, 9.17) is 31.6 Å². The molecule has 0 bridgehead atoms. The van der Waals surface area contributed by atoms with Crippen LogP contribution in [0.15, 0.2) is 15.7 Å². The van der Waals surface area contributed by atoms with E-state index >= 15 is 0 Å². The minimum Gasteiger partial charge on any atom is -0.387 e. The molecule has 32 heavy (non-hydrogen) atoms. The molecule has 180 valence electrons. The number of ether oxygens (including phenoxy) is 1. The maximum absolute atomic E-state index is 12.2. The van der Waals surface area contributed by atoms with Crippen LogP contribution in [0.5, 0.6) is 0 Å². The summed E-state index contributed by atoms with van der Waals surface area (Å²) in [5.74, 6) is 2.04. The number of hydrogen-bond donors (Lipinski definition) is 7. The van der Waals surface area contributed by atoms with Crippen LogP contribution in [-0.2, 0) is 31.6 Å². The maximum Gasteiger partial charge on any atom is 0.490 e. The van der Waals surface area contributed by atoms with Crippen molar-refractivity contribution in [3.63, 3.8) is 0 Å². The zero-order valence-corrected chi connectivity index (χ0v) is 18.6. The summed E-state index contributed by atoms with van der Waals surface area (Å²) in [6.45, 7) is 0.266. The fraction of sp³-hybridized carbons (Fsp3) is 0.500. The Bertz CT molecular complexity index is 1180. The Kier molecular flexibility index (Phi) is 7.58. The van der Waals surface area contributed by atoms with Gasteiger partial charge in [0.25, 0.3) is 5.56 Å². The molecule has 1 saturated heterocycles. The van der Waals surface area contributed by atoms with Gasteiger partial charge in [0.05, 0.1) is 6.61 Å². The van der Waals surface area contributed by atoms with Crippen LogP contribution >= 0.6 is 23.5 Å². The summed E-state index contributed by atoms with van der Waals surface area (Å²) in [5, 5.41) is 10.5. The average Bonchev–Trinajstić information content (AvgIpc) is 2.81. The van der Waals surface area contributed by atoms with E-state index in [2.05, 4.69) is 13.1 Å². The van der Waals surface area contributed by atoms with Gasteiger partial charge in [-0.2, -0.15) is 8.62 Å². The molecule has 6 atom stereocenters. The van der Waals surface area contributed by atoms with Gasteiger partial charge in [-0.15, -0.1) is 6.42 Å². The minimum atomic E-state index is -5.76. The second-order valence-corrected chi connectivity index (χ2v) is 10.8. The Morgan fingerprint density at radius 2 is 1.84 bits per heavy atom. The Labute approximate surface area is 178 Å². The van der Waals surface area contributed by atoms with Crippen LogP contribution in [0.2, 0.25) is 0 Å². The van der Waals surface area contributed by atoms with Gasteiger partial charge in [0.15, 0.2) is 11.8 Å². The van der Waals surface area contributed by atoms with Crippen molar-refractivity contribution in [1.82, 2.24) is 9.55 Å². The molecule has 4 unspecified atom stereocenters. The summed E-state index contributed by atoms with van der Waals surface area (Å²) in [5.41, 5.74) is 2.17. The summed E-state index contributed by atoms with van der Waals surface area (Å²) >= 11 is 0. The third-order valence-corrected chi connectivity index (χ3v) is 7.83. The molecule has 17 nitrogen and oxygen atoms in total. The summed E-state index contributed by atoms with van der Waals surface area (Å²) in [6.07, 6.45) is 0.309. The van der Waals surface area contributed by atoms with Gasteiger partial charge >= 0.3 is 29.2 Å². The standard InChI is InChI=1S/C12H18N3O14P3/c1-3-12(13)9(17)7(27-10(12)15-6(2)4-8(16)14-11(15)18)5-26-31(22,23)29-32(24,25)28-30(19,20)21/h1,4,7,9-10,17H,5,13H2,2H3,(H,22,23)(H,24,25)(H,14,16,18)(H2,19,20,21)/t7?,9?,10-,12-/m1/s1. The van der Waals surface area contributed by atoms with Crippen molar-refractivity contribution < 1.29 is 56.3 Å².